The smallest absolute Gasteiger partial charge is 0.240 e. The maximum Gasteiger partial charge on any atom is 0.240 e. The summed E-state index contributed by atoms with van der Waals surface area (Å²) in [5.74, 6) is -0.525. The molecule has 0 aliphatic heterocycles. The van der Waals surface area contributed by atoms with Gasteiger partial charge in [0.1, 0.15) is 0 Å². The zero-order chi connectivity index (χ0) is 11.4. The first-order valence-corrected chi connectivity index (χ1v) is 4.41. The molecule has 0 saturated carbocycles. The Morgan fingerprint density at radius 3 is 2.44 bits per heavy atom. The lowest BCUT2D eigenvalue weighted by Gasteiger charge is -2.12. The van der Waals surface area contributed by atoms with Crippen LogP contribution in [0, 0.1) is 5.82 Å². The fraction of sp³-hybridized carbons (Fsp3) is 0.400. The van der Waals surface area contributed by atoms with Crippen molar-refractivity contribution < 1.29 is 17.9 Å². The number of rotatable bonds is 4. The van der Waals surface area contributed by atoms with Crippen LogP contribution in [-0.2, 0) is 0 Å². The summed E-state index contributed by atoms with van der Waals surface area (Å²) >= 11 is 0. The predicted molar refractivity (Wildman–Crippen MR) is 57.7 cm³/mol. The van der Waals surface area contributed by atoms with Crippen molar-refractivity contribution in [3.05, 3.63) is 29.6 Å². The first-order valence-electron chi connectivity index (χ1n) is 4.41. The number of hydrogen-bond donors (Lipinski definition) is 1. The van der Waals surface area contributed by atoms with Gasteiger partial charge in [0.05, 0.1) is 7.11 Å². The van der Waals surface area contributed by atoms with E-state index in [9.17, 15) is 13.2 Å². The van der Waals surface area contributed by atoms with Crippen molar-refractivity contribution in [1.82, 2.24) is 0 Å². The van der Waals surface area contributed by atoms with Crippen LogP contribution in [0.2, 0.25) is 0 Å². The van der Waals surface area contributed by atoms with Crippen molar-refractivity contribution in [2.45, 2.75) is 18.9 Å². The standard InChI is InChI=1S/C10H12F3NO.ClH/c1-15-9-3-2-6(4-7(9)11)8(14)5-10(12)13;/h2-4,8,10H,5,14H2,1H3;1H/t8-;/m1./s1. The van der Waals surface area contributed by atoms with Crippen molar-refractivity contribution in [1.29, 1.82) is 0 Å². The van der Waals surface area contributed by atoms with E-state index in [0.717, 1.165) is 6.07 Å². The van der Waals surface area contributed by atoms with E-state index >= 15 is 0 Å². The molecule has 1 aromatic rings. The molecule has 6 heteroatoms. The van der Waals surface area contributed by atoms with Crippen LogP contribution < -0.4 is 10.5 Å². The molecule has 92 valence electrons. The molecule has 0 heterocycles. The molecule has 16 heavy (non-hydrogen) atoms. The number of benzene rings is 1. The molecule has 0 saturated heterocycles. The van der Waals surface area contributed by atoms with Gasteiger partial charge in [-0.1, -0.05) is 6.07 Å². The fourth-order valence-electron chi connectivity index (χ4n) is 1.24. The third-order valence-electron chi connectivity index (χ3n) is 2.04. The van der Waals surface area contributed by atoms with Gasteiger partial charge in [0.2, 0.25) is 6.43 Å². The second-order valence-corrected chi connectivity index (χ2v) is 3.13. The lowest BCUT2D eigenvalue weighted by Crippen LogP contribution is -2.14. The van der Waals surface area contributed by atoms with E-state index < -0.39 is 24.7 Å². The van der Waals surface area contributed by atoms with E-state index in [2.05, 4.69) is 0 Å². The molecule has 2 N–H and O–H groups in total. The third kappa shape index (κ3) is 3.90. The third-order valence-corrected chi connectivity index (χ3v) is 2.04. The average Bonchev–Trinajstić information content (AvgIpc) is 2.16. The first-order chi connectivity index (χ1) is 7.04. The van der Waals surface area contributed by atoms with Gasteiger partial charge in [-0.05, 0) is 17.7 Å². The monoisotopic (exact) mass is 255 g/mol. The number of halogens is 4. The molecule has 0 amide bonds. The Morgan fingerprint density at radius 2 is 2.00 bits per heavy atom. The van der Waals surface area contributed by atoms with E-state index in [0.29, 0.717) is 5.56 Å². The minimum Gasteiger partial charge on any atom is -0.494 e. The van der Waals surface area contributed by atoms with Gasteiger partial charge in [-0.3, -0.25) is 0 Å². The molecular formula is C10H13ClF3NO. The second kappa shape index (κ2) is 6.60. The van der Waals surface area contributed by atoms with Crippen molar-refractivity contribution in [2.75, 3.05) is 7.11 Å². The van der Waals surface area contributed by atoms with Gasteiger partial charge in [-0.2, -0.15) is 0 Å². The molecule has 0 fully saturated rings. The van der Waals surface area contributed by atoms with E-state index in [-0.39, 0.29) is 18.2 Å². The van der Waals surface area contributed by atoms with Crippen LogP contribution in [0.4, 0.5) is 13.2 Å². The summed E-state index contributed by atoms with van der Waals surface area (Å²) in [6, 6.07) is 3.11. The van der Waals surface area contributed by atoms with Crippen LogP contribution in [-0.4, -0.2) is 13.5 Å². The molecule has 0 bridgehead atoms. The summed E-state index contributed by atoms with van der Waals surface area (Å²) in [7, 11) is 1.33. The van der Waals surface area contributed by atoms with E-state index in [1.165, 1.54) is 19.2 Å². The molecule has 2 nitrogen and oxygen atoms in total. The van der Waals surface area contributed by atoms with E-state index in [4.69, 9.17) is 10.5 Å². The number of nitrogens with two attached hydrogens (primary N) is 1. The number of methoxy groups -OCH3 is 1. The Balaban J connectivity index is 0.00000225. The van der Waals surface area contributed by atoms with Crippen molar-refractivity contribution in [2.24, 2.45) is 5.73 Å². The zero-order valence-corrected chi connectivity index (χ0v) is 9.44. The Bertz CT molecular complexity index is 336. The zero-order valence-electron chi connectivity index (χ0n) is 8.62. The molecule has 1 atom stereocenters. The maximum atomic E-state index is 13.2. The number of ether oxygens (including phenoxy) is 1. The highest BCUT2D eigenvalue weighted by Crippen LogP contribution is 2.23. The molecule has 0 unspecified atom stereocenters. The van der Waals surface area contributed by atoms with Gasteiger partial charge in [0, 0.05) is 12.5 Å². The second-order valence-electron chi connectivity index (χ2n) is 3.13. The highest BCUT2D eigenvalue weighted by molar-refractivity contribution is 5.85. The van der Waals surface area contributed by atoms with Gasteiger partial charge in [-0.25, -0.2) is 13.2 Å². The van der Waals surface area contributed by atoms with Crippen molar-refractivity contribution >= 4 is 12.4 Å². The van der Waals surface area contributed by atoms with Crippen molar-refractivity contribution in [3.8, 4) is 5.75 Å². The van der Waals surface area contributed by atoms with Crippen molar-refractivity contribution in [3.63, 3.8) is 0 Å². The van der Waals surface area contributed by atoms with Gasteiger partial charge >= 0.3 is 0 Å². The highest BCUT2D eigenvalue weighted by Gasteiger charge is 2.14. The largest absolute Gasteiger partial charge is 0.494 e. The van der Waals surface area contributed by atoms with E-state index in [1.807, 2.05) is 0 Å². The van der Waals surface area contributed by atoms with Crippen LogP contribution in [0.3, 0.4) is 0 Å². The molecule has 0 aliphatic rings. The minimum atomic E-state index is -2.50. The fourth-order valence-corrected chi connectivity index (χ4v) is 1.24. The summed E-state index contributed by atoms with van der Waals surface area (Å²) in [6.07, 6.45) is -2.98. The van der Waals surface area contributed by atoms with Gasteiger partial charge < -0.3 is 10.5 Å². The van der Waals surface area contributed by atoms with Crippen LogP contribution in [0.25, 0.3) is 0 Å². The number of alkyl halides is 2. The Hall–Kier alpha value is -0.940. The average molecular weight is 256 g/mol. The highest BCUT2D eigenvalue weighted by atomic mass is 35.5. The van der Waals surface area contributed by atoms with Crippen LogP contribution in [0.5, 0.6) is 5.75 Å². The molecular weight excluding hydrogens is 243 g/mol. The summed E-state index contributed by atoms with van der Waals surface area (Å²) in [5.41, 5.74) is 5.81. The topological polar surface area (TPSA) is 35.2 Å². The van der Waals surface area contributed by atoms with Crippen LogP contribution in [0.15, 0.2) is 18.2 Å². The minimum absolute atomic E-state index is 0. The summed E-state index contributed by atoms with van der Waals surface area (Å²) in [5, 5.41) is 0. The number of hydrogen-bond acceptors (Lipinski definition) is 2. The first kappa shape index (κ1) is 15.1. The Kier molecular flexibility index (Phi) is 6.21. The van der Waals surface area contributed by atoms with E-state index in [1.54, 1.807) is 0 Å². The van der Waals surface area contributed by atoms with Gasteiger partial charge in [0.15, 0.2) is 11.6 Å². The summed E-state index contributed by atoms with van der Waals surface area (Å²) in [6.45, 7) is 0. The summed E-state index contributed by atoms with van der Waals surface area (Å²) < 4.78 is 41.9. The summed E-state index contributed by atoms with van der Waals surface area (Å²) in [4.78, 5) is 0. The quantitative estimate of drug-likeness (QED) is 0.898. The molecule has 0 aliphatic carbocycles. The normalized spacial score (nSPS) is 12.1. The molecule has 1 aromatic carbocycles. The van der Waals surface area contributed by atoms with Crippen LogP contribution in [0.1, 0.15) is 18.0 Å². The van der Waals surface area contributed by atoms with Gasteiger partial charge in [0.25, 0.3) is 0 Å². The SMILES string of the molecule is COc1ccc([C@H](N)CC(F)F)cc1F.Cl. The Morgan fingerprint density at radius 1 is 1.38 bits per heavy atom. The molecule has 0 spiro atoms. The predicted octanol–water partition coefficient (Wildman–Crippen LogP) is 2.91. The lowest BCUT2D eigenvalue weighted by atomic mass is 10.0. The van der Waals surface area contributed by atoms with Crippen LogP contribution >= 0.6 is 12.4 Å². The Labute approximate surface area is 98.0 Å². The lowest BCUT2D eigenvalue weighted by molar-refractivity contribution is 0.128. The molecule has 0 radical (unpaired) electrons. The molecule has 1 rings (SSSR count). The van der Waals surface area contributed by atoms with Gasteiger partial charge in [-0.15, -0.1) is 12.4 Å². The maximum absolute atomic E-state index is 13.2. The molecule has 0 aromatic heterocycles.